The average molecular weight is 194 g/mol. The van der Waals surface area contributed by atoms with E-state index < -0.39 is 0 Å². The molecular weight excluding hydrogens is 172 g/mol. The van der Waals surface area contributed by atoms with Gasteiger partial charge >= 0.3 is 0 Å². The minimum atomic E-state index is -0.333. The van der Waals surface area contributed by atoms with Crippen molar-refractivity contribution in [3.63, 3.8) is 0 Å². The Bertz CT molecular complexity index is 256. The fraction of sp³-hybridized carbons (Fsp3) is 0.692. The molecule has 1 rings (SSSR count). The van der Waals surface area contributed by atoms with Crippen LogP contribution < -0.4 is 0 Å². The molecule has 80 valence electrons. The van der Waals surface area contributed by atoms with Gasteiger partial charge in [0.25, 0.3) is 0 Å². The Morgan fingerprint density at radius 2 is 2.07 bits per heavy atom. The summed E-state index contributed by atoms with van der Waals surface area (Å²) >= 11 is 0. The van der Waals surface area contributed by atoms with Gasteiger partial charge in [0.05, 0.1) is 6.10 Å². The topological polar surface area (TPSA) is 20.2 Å². The van der Waals surface area contributed by atoms with Crippen molar-refractivity contribution in [2.75, 3.05) is 0 Å². The SMILES string of the molecule is CC1=C(/C=C/C(C)O)CCCC1(C)C. The number of rotatable bonds is 2. The lowest BCUT2D eigenvalue weighted by Crippen LogP contribution is -2.18. The molecule has 1 atom stereocenters. The van der Waals surface area contributed by atoms with Gasteiger partial charge < -0.3 is 5.11 Å². The van der Waals surface area contributed by atoms with E-state index in [0.29, 0.717) is 5.41 Å². The van der Waals surface area contributed by atoms with Gasteiger partial charge in [-0.1, -0.05) is 31.6 Å². The quantitative estimate of drug-likeness (QED) is 0.714. The van der Waals surface area contributed by atoms with Crippen molar-refractivity contribution in [3.8, 4) is 0 Å². The fourth-order valence-electron chi connectivity index (χ4n) is 1.99. The first-order valence-electron chi connectivity index (χ1n) is 5.50. The van der Waals surface area contributed by atoms with Crippen molar-refractivity contribution in [3.05, 3.63) is 23.3 Å². The van der Waals surface area contributed by atoms with Crippen molar-refractivity contribution in [1.82, 2.24) is 0 Å². The molecule has 1 unspecified atom stereocenters. The molecule has 1 aliphatic rings. The molecule has 1 nitrogen and oxygen atoms in total. The molecule has 0 fully saturated rings. The summed E-state index contributed by atoms with van der Waals surface area (Å²) < 4.78 is 0. The van der Waals surface area contributed by atoms with Crippen LogP contribution in [0.3, 0.4) is 0 Å². The lowest BCUT2D eigenvalue weighted by atomic mass is 9.73. The molecule has 0 saturated carbocycles. The standard InChI is InChI=1S/C13H22O/c1-10(14)7-8-12-6-5-9-13(3,4)11(12)2/h7-8,10,14H,5-6,9H2,1-4H3/b8-7+. The van der Waals surface area contributed by atoms with E-state index in [9.17, 15) is 5.11 Å². The minimum absolute atomic E-state index is 0.333. The highest BCUT2D eigenvalue weighted by Crippen LogP contribution is 2.40. The molecule has 1 heteroatoms. The van der Waals surface area contributed by atoms with Gasteiger partial charge in [0.1, 0.15) is 0 Å². The van der Waals surface area contributed by atoms with Crippen LogP contribution in [0.25, 0.3) is 0 Å². The van der Waals surface area contributed by atoms with Crippen molar-refractivity contribution in [1.29, 1.82) is 0 Å². The Kier molecular flexibility index (Phi) is 3.54. The number of allylic oxidation sites excluding steroid dienone is 3. The van der Waals surface area contributed by atoms with Crippen LogP contribution in [0, 0.1) is 5.41 Å². The molecule has 0 aromatic rings. The molecule has 0 aromatic heterocycles. The Balaban J connectivity index is 2.86. The lowest BCUT2D eigenvalue weighted by molar-refractivity contribution is 0.244. The van der Waals surface area contributed by atoms with Gasteiger partial charge in [-0.25, -0.2) is 0 Å². The summed E-state index contributed by atoms with van der Waals surface area (Å²) in [5, 5.41) is 9.19. The summed E-state index contributed by atoms with van der Waals surface area (Å²) in [4.78, 5) is 0. The van der Waals surface area contributed by atoms with Crippen molar-refractivity contribution in [2.45, 2.75) is 53.1 Å². The van der Waals surface area contributed by atoms with Crippen LogP contribution in [0.1, 0.15) is 47.0 Å². The van der Waals surface area contributed by atoms with Gasteiger partial charge in [0.15, 0.2) is 0 Å². The molecule has 0 radical (unpaired) electrons. The zero-order valence-electron chi connectivity index (χ0n) is 9.80. The van der Waals surface area contributed by atoms with Crippen LogP contribution in [0.15, 0.2) is 23.3 Å². The first-order chi connectivity index (χ1) is 6.43. The normalized spacial score (nSPS) is 24.4. The van der Waals surface area contributed by atoms with Crippen LogP contribution >= 0.6 is 0 Å². The number of hydrogen-bond donors (Lipinski definition) is 1. The van der Waals surface area contributed by atoms with Gasteiger partial charge in [-0.2, -0.15) is 0 Å². The first kappa shape index (κ1) is 11.5. The van der Waals surface area contributed by atoms with E-state index in [1.807, 2.05) is 6.08 Å². The Hall–Kier alpha value is -0.560. The molecule has 0 saturated heterocycles. The third-order valence-corrected chi connectivity index (χ3v) is 3.32. The van der Waals surface area contributed by atoms with E-state index in [0.717, 1.165) is 0 Å². The molecule has 0 spiro atoms. The summed E-state index contributed by atoms with van der Waals surface area (Å²) in [6, 6.07) is 0. The van der Waals surface area contributed by atoms with Crippen molar-refractivity contribution < 1.29 is 5.11 Å². The summed E-state index contributed by atoms with van der Waals surface area (Å²) in [6.07, 6.45) is 7.36. The molecule has 1 N–H and O–H groups in total. The van der Waals surface area contributed by atoms with E-state index in [-0.39, 0.29) is 6.10 Å². The molecule has 0 aliphatic heterocycles. The number of aliphatic hydroxyl groups excluding tert-OH is 1. The molecular formula is C13H22O. The zero-order valence-corrected chi connectivity index (χ0v) is 9.80. The maximum absolute atomic E-state index is 9.19. The van der Waals surface area contributed by atoms with E-state index in [1.54, 1.807) is 6.92 Å². The van der Waals surface area contributed by atoms with Crippen LogP contribution in [0.2, 0.25) is 0 Å². The van der Waals surface area contributed by atoms with Crippen LogP contribution in [-0.2, 0) is 0 Å². The predicted molar refractivity (Wildman–Crippen MR) is 61.2 cm³/mol. The van der Waals surface area contributed by atoms with Gasteiger partial charge in [0, 0.05) is 0 Å². The van der Waals surface area contributed by atoms with Gasteiger partial charge in [-0.15, -0.1) is 0 Å². The summed E-state index contributed by atoms with van der Waals surface area (Å²) in [6.45, 7) is 8.62. The van der Waals surface area contributed by atoms with Crippen molar-refractivity contribution in [2.24, 2.45) is 5.41 Å². The summed E-state index contributed by atoms with van der Waals surface area (Å²) in [7, 11) is 0. The van der Waals surface area contributed by atoms with E-state index in [4.69, 9.17) is 0 Å². The van der Waals surface area contributed by atoms with Crippen LogP contribution in [0.5, 0.6) is 0 Å². The molecule has 0 bridgehead atoms. The summed E-state index contributed by atoms with van der Waals surface area (Å²) in [5.41, 5.74) is 3.25. The molecule has 0 amide bonds. The average Bonchev–Trinajstić information content (AvgIpc) is 2.07. The Morgan fingerprint density at radius 1 is 1.43 bits per heavy atom. The largest absolute Gasteiger partial charge is 0.389 e. The molecule has 0 aromatic carbocycles. The minimum Gasteiger partial charge on any atom is -0.389 e. The third-order valence-electron chi connectivity index (χ3n) is 3.32. The highest BCUT2D eigenvalue weighted by Gasteiger charge is 2.25. The Labute approximate surface area is 87.5 Å². The smallest absolute Gasteiger partial charge is 0.0695 e. The number of hydrogen-bond acceptors (Lipinski definition) is 1. The van der Waals surface area contributed by atoms with Gasteiger partial charge in [-0.05, 0) is 44.1 Å². The van der Waals surface area contributed by atoms with Gasteiger partial charge in [-0.3, -0.25) is 0 Å². The monoisotopic (exact) mass is 194 g/mol. The van der Waals surface area contributed by atoms with Gasteiger partial charge in [0.2, 0.25) is 0 Å². The molecule has 0 heterocycles. The Morgan fingerprint density at radius 3 is 2.64 bits per heavy atom. The second-order valence-corrected chi connectivity index (χ2v) is 4.99. The predicted octanol–water partition coefficient (Wildman–Crippen LogP) is 3.45. The molecule has 14 heavy (non-hydrogen) atoms. The first-order valence-corrected chi connectivity index (χ1v) is 5.50. The van der Waals surface area contributed by atoms with Crippen molar-refractivity contribution >= 4 is 0 Å². The fourth-order valence-corrected chi connectivity index (χ4v) is 1.99. The second-order valence-electron chi connectivity index (χ2n) is 4.99. The van der Waals surface area contributed by atoms with E-state index in [2.05, 4.69) is 26.8 Å². The maximum Gasteiger partial charge on any atom is 0.0695 e. The van der Waals surface area contributed by atoms with Crippen LogP contribution in [-0.4, -0.2) is 11.2 Å². The number of aliphatic hydroxyl groups is 1. The summed E-state index contributed by atoms with van der Waals surface area (Å²) in [5.74, 6) is 0. The molecule has 1 aliphatic carbocycles. The highest BCUT2D eigenvalue weighted by molar-refractivity contribution is 5.30. The lowest BCUT2D eigenvalue weighted by Gasteiger charge is -2.32. The van der Waals surface area contributed by atoms with Crippen LogP contribution in [0.4, 0.5) is 0 Å². The second kappa shape index (κ2) is 4.31. The van der Waals surface area contributed by atoms with E-state index in [1.165, 1.54) is 30.4 Å². The maximum atomic E-state index is 9.19. The highest BCUT2D eigenvalue weighted by atomic mass is 16.3. The third kappa shape index (κ3) is 2.71. The zero-order chi connectivity index (χ0) is 10.8. The van der Waals surface area contributed by atoms with E-state index >= 15 is 0 Å².